The number of aromatic nitrogens is 1. The summed E-state index contributed by atoms with van der Waals surface area (Å²) in [6.07, 6.45) is 3.52. The molecule has 6 nitrogen and oxygen atoms in total. The molecule has 7 heteroatoms. The first-order valence-electron chi connectivity index (χ1n) is 10.3. The van der Waals surface area contributed by atoms with Gasteiger partial charge in [-0.25, -0.2) is 4.98 Å². The summed E-state index contributed by atoms with van der Waals surface area (Å²) in [7, 11) is 1.45. The van der Waals surface area contributed by atoms with Gasteiger partial charge in [0, 0.05) is 22.7 Å². The molecule has 1 aromatic heterocycles. The highest BCUT2D eigenvalue weighted by molar-refractivity contribution is 6.38. The van der Waals surface area contributed by atoms with E-state index in [1.165, 1.54) is 7.11 Å². The van der Waals surface area contributed by atoms with Crippen LogP contribution in [0.3, 0.4) is 0 Å². The molecule has 1 saturated carbocycles. The molecular weight excluding hydrogens is 428 g/mol. The number of rotatable bonds is 5. The molecule has 5 rings (SSSR count). The lowest BCUT2D eigenvalue weighted by Gasteiger charge is -2.14. The van der Waals surface area contributed by atoms with Gasteiger partial charge in [0.05, 0.1) is 35.6 Å². The molecule has 0 spiro atoms. The average molecular weight is 449 g/mol. The molecule has 1 aliphatic heterocycles. The number of nitrogens with one attached hydrogen (secondary N) is 1. The van der Waals surface area contributed by atoms with E-state index in [9.17, 15) is 15.0 Å². The topological polar surface area (TPSA) is 91.7 Å². The molecular formula is C25H21ClN2O4. The number of halogens is 1. The maximum Gasteiger partial charge on any atom is 0.260 e. The average Bonchev–Trinajstić information content (AvgIpc) is 3.55. The zero-order chi connectivity index (χ0) is 22.5. The molecule has 162 valence electrons. The van der Waals surface area contributed by atoms with E-state index in [1.54, 1.807) is 30.5 Å². The Morgan fingerprint density at radius 2 is 1.94 bits per heavy atom. The standard InChI is InChI=1S/C25H21ClN2O4/c1-32-24-16(3-2-10-27-24)22(30)21-18-11-17(19(26)12-20(18)28-23(21)31)14-4-6-15(7-5-14)25(13-29)8-9-25/h2-7,10-12,29-30H,8-9,13H2,1H3,(H,28,31)/b22-21+. The predicted octanol–water partition coefficient (Wildman–Crippen LogP) is 4.81. The SMILES string of the molecule is COc1ncccc1/C(O)=C1\C(=O)Nc2cc(Cl)c(-c3ccc(C4(CO)CC4)cc3)cc21. The summed E-state index contributed by atoms with van der Waals surface area (Å²) in [6.45, 7) is 0.144. The van der Waals surface area contributed by atoms with E-state index in [4.69, 9.17) is 16.3 Å². The molecule has 1 aliphatic carbocycles. The van der Waals surface area contributed by atoms with Gasteiger partial charge in [0.1, 0.15) is 5.76 Å². The molecule has 3 N–H and O–H groups in total. The molecule has 2 aliphatic rings. The van der Waals surface area contributed by atoms with Crippen molar-refractivity contribution >= 4 is 34.5 Å². The summed E-state index contributed by atoms with van der Waals surface area (Å²) in [5.74, 6) is -0.416. The fourth-order valence-corrected chi connectivity index (χ4v) is 4.48. The van der Waals surface area contributed by atoms with Gasteiger partial charge in [0.2, 0.25) is 5.88 Å². The lowest BCUT2D eigenvalue weighted by molar-refractivity contribution is -0.110. The summed E-state index contributed by atoms with van der Waals surface area (Å²) in [4.78, 5) is 16.8. The van der Waals surface area contributed by atoms with Crippen LogP contribution in [0.5, 0.6) is 5.88 Å². The molecule has 0 unspecified atom stereocenters. The van der Waals surface area contributed by atoms with Crippen molar-refractivity contribution in [3.8, 4) is 17.0 Å². The Balaban J connectivity index is 1.60. The smallest absolute Gasteiger partial charge is 0.260 e. The zero-order valence-corrected chi connectivity index (χ0v) is 18.1. The van der Waals surface area contributed by atoms with Crippen molar-refractivity contribution in [1.29, 1.82) is 0 Å². The number of hydrogen-bond donors (Lipinski definition) is 3. The molecule has 0 atom stereocenters. The number of anilines is 1. The first kappa shape index (κ1) is 20.5. The van der Waals surface area contributed by atoms with E-state index in [-0.39, 0.29) is 29.2 Å². The number of fused-ring (bicyclic) bond motifs is 1. The first-order valence-corrected chi connectivity index (χ1v) is 10.6. The minimum absolute atomic E-state index is 0.110. The van der Waals surface area contributed by atoms with Gasteiger partial charge in [0.15, 0.2) is 0 Å². The maximum atomic E-state index is 12.7. The second-order valence-electron chi connectivity index (χ2n) is 8.13. The third-order valence-electron chi connectivity index (χ3n) is 6.27. The molecule has 3 aromatic rings. The van der Waals surface area contributed by atoms with Crippen LogP contribution in [0.25, 0.3) is 22.5 Å². The van der Waals surface area contributed by atoms with Gasteiger partial charge in [0.25, 0.3) is 5.91 Å². The van der Waals surface area contributed by atoms with Crippen molar-refractivity contribution in [2.75, 3.05) is 19.0 Å². The maximum absolute atomic E-state index is 12.7. The van der Waals surface area contributed by atoms with Gasteiger partial charge >= 0.3 is 0 Å². The highest BCUT2D eigenvalue weighted by Crippen LogP contribution is 2.48. The van der Waals surface area contributed by atoms with E-state index in [0.29, 0.717) is 21.8 Å². The van der Waals surface area contributed by atoms with Crippen LogP contribution in [0.1, 0.15) is 29.5 Å². The highest BCUT2D eigenvalue weighted by atomic mass is 35.5. The Hall–Kier alpha value is -3.35. The largest absolute Gasteiger partial charge is 0.506 e. The summed E-state index contributed by atoms with van der Waals surface area (Å²) >= 11 is 6.55. The van der Waals surface area contributed by atoms with Crippen molar-refractivity contribution in [2.24, 2.45) is 0 Å². The summed E-state index contributed by atoms with van der Waals surface area (Å²) < 4.78 is 5.24. The Morgan fingerprint density at radius 1 is 1.19 bits per heavy atom. The van der Waals surface area contributed by atoms with Gasteiger partial charge in [-0.1, -0.05) is 35.9 Å². The number of amides is 1. The van der Waals surface area contributed by atoms with Crippen LogP contribution < -0.4 is 10.1 Å². The molecule has 0 bridgehead atoms. The van der Waals surface area contributed by atoms with Crippen LogP contribution in [0, 0.1) is 0 Å². The minimum atomic E-state index is -0.425. The summed E-state index contributed by atoms with van der Waals surface area (Å²) in [6, 6.07) is 14.8. The number of aliphatic hydroxyl groups excluding tert-OH is 2. The minimum Gasteiger partial charge on any atom is -0.506 e. The van der Waals surface area contributed by atoms with Crippen LogP contribution in [0.4, 0.5) is 5.69 Å². The van der Waals surface area contributed by atoms with Gasteiger partial charge in [-0.3, -0.25) is 4.79 Å². The highest BCUT2D eigenvalue weighted by Gasteiger charge is 2.43. The Labute approximate surface area is 190 Å². The van der Waals surface area contributed by atoms with Crippen LogP contribution >= 0.6 is 11.6 Å². The Bertz CT molecular complexity index is 1260. The number of carbonyl (C=O) groups is 1. The fraction of sp³-hybridized carbons (Fsp3) is 0.200. The normalized spacial score (nSPS) is 17.5. The van der Waals surface area contributed by atoms with Crippen LogP contribution in [-0.2, 0) is 10.2 Å². The van der Waals surface area contributed by atoms with Crippen LogP contribution in [0.2, 0.25) is 5.02 Å². The van der Waals surface area contributed by atoms with Gasteiger partial charge in [-0.05, 0) is 48.2 Å². The number of hydrogen-bond acceptors (Lipinski definition) is 5. The third kappa shape index (κ3) is 3.23. The number of methoxy groups -OCH3 is 1. The quantitative estimate of drug-likeness (QED) is 0.384. The summed E-state index contributed by atoms with van der Waals surface area (Å²) in [5, 5.41) is 23.9. The van der Waals surface area contributed by atoms with E-state index in [2.05, 4.69) is 10.3 Å². The van der Waals surface area contributed by atoms with Crippen LogP contribution in [0.15, 0.2) is 54.7 Å². The van der Waals surface area contributed by atoms with E-state index in [1.807, 2.05) is 24.3 Å². The van der Waals surface area contributed by atoms with Gasteiger partial charge < -0.3 is 20.3 Å². The van der Waals surface area contributed by atoms with E-state index in [0.717, 1.165) is 29.5 Å². The number of nitrogens with zero attached hydrogens (tertiary/aromatic N) is 1. The fourth-order valence-electron chi connectivity index (χ4n) is 4.21. The summed E-state index contributed by atoms with van der Waals surface area (Å²) in [5.41, 5.74) is 4.17. The number of aliphatic hydroxyl groups is 2. The molecule has 32 heavy (non-hydrogen) atoms. The van der Waals surface area contributed by atoms with Crippen molar-refractivity contribution in [2.45, 2.75) is 18.3 Å². The van der Waals surface area contributed by atoms with Gasteiger partial charge in [-0.2, -0.15) is 0 Å². The van der Waals surface area contributed by atoms with Gasteiger partial charge in [-0.15, -0.1) is 0 Å². The number of ether oxygens (including phenoxy) is 1. The molecule has 2 heterocycles. The molecule has 2 aromatic carbocycles. The monoisotopic (exact) mass is 448 g/mol. The second kappa shape index (κ2) is 7.65. The lowest BCUT2D eigenvalue weighted by Crippen LogP contribution is -2.11. The van der Waals surface area contributed by atoms with Crippen molar-refractivity contribution < 1.29 is 19.7 Å². The number of benzene rings is 2. The lowest BCUT2D eigenvalue weighted by atomic mass is 9.93. The Morgan fingerprint density at radius 3 is 2.59 bits per heavy atom. The zero-order valence-electron chi connectivity index (χ0n) is 17.4. The number of carbonyl (C=O) groups excluding carboxylic acids is 1. The Kier molecular flexibility index (Phi) is 4.92. The first-order chi connectivity index (χ1) is 15.5. The second-order valence-corrected chi connectivity index (χ2v) is 8.54. The predicted molar refractivity (Wildman–Crippen MR) is 124 cm³/mol. The van der Waals surface area contributed by atoms with Crippen molar-refractivity contribution in [1.82, 2.24) is 4.98 Å². The molecule has 1 amide bonds. The molecule has 1 fully saturated rings. The van der Waals surface area contributed by atoms with E-state index >= 15 is 0 Å². The third-order valence-corrected chi connectivity index (χ3v) is 6.59. The molecule has 0 saturated heterocycles. The van der Waals surface area contributed by atoms with Crippen molar-refractivity contribution in [3.63, 3.8) is 0 Å². The van der Waals surface area contributed by atoms with Crippen molar-refractivity contribution in [3.05, 3.63) is 76.4 Å². The van der Waals surface area contributed by atoms with E-state index < -0.39 is 5.91 Å². The number of pyridine rings is 1. The molecule has 0 radical (unpaired) electrons. The van der Waals surface area contributed by atoms with Crippen LogP contribution in [-0.4, -0.2) is 34.8 Å².